The maximum atomic E-state index is 11.6. The van der Waals surface area contributed by atoms with Gasteiger partial charge in [0.25, 0.3) is 0 Å². The Kier molecular flexibility index (Phi) is 2.45. The van der Waals surface area contributed by atoms with E-state index in [1.54, 1.807) is 12.1 Å². The minimum atomic E-state index is -0.0640. The van der Waals surface area contributed by atoms with Crippen LogP contribution in [0.4, 0.5) is 10.9 Å². The molecule has 5 nitrogen and oxygen atoms in total. The number of carbonyl (C=O) groups is 1. The van der Waals surface area contributed by atoms with E-state index in [-0.39, 0.29) is 17.6 Å². The van der Waals surface area contributed by atoms with Crippen LogP contribution in [0.2, 0.25) is 0 Å². The number of nitrogen functional groups attached to an aromatic ring is 1. The molecule has 0 unspecified atom stereocenters. The summed E-state index contributed by atoms with van der Waals surface area (Å²) < 4.78 is 0. The quantitative estimate of drug-likeness (QED) is 0.731. The summed E-state index contributed by atoms with van der Waals surface area (Å²) in [4.78, 5) is 16.7. The molecule has 92 valence electrons. The minimum Gasteiger partial charge on any atom is -0.508 e. The van der Waals surface area contributed by atoms with E-state index in [0.29, 0.717) is 17.4 Å². The van der Waals surface area contributed by atoms with E-state index in [0.717, 1.165) is 10.4 Å². The largest absolute Gasteiger partial charge is 0.508 e. The van der Waals surface area contributed by atoms with Crippen LogP contribution in [0.15, 0.2) is 24.3 Å². The van der Waals surface area contributed by atoms with Gasteiger partial charge in [0.2, 0.25) is 5.91 Å². The second kappa shape index (κ2) is 3.99. The molecule has 4 N–H and O–H groups in total. The van der Waals surface area contributed by atoms with Crippen molar-refractivity contribution in [3.8, 4) is 5.75 Å². The first-order valence-corrected chi connectivity index (χ1v) is 6.30. The fourth-order valence-electron chi connectivity index (χ4n) is 2.11. The molecule has 0 saturated carbocycles. The average molecular weight is 261 g/mol. The second-order valence-corrected chi connectivity index (χ2v) is 5.22. The summed E-state index contributed by atoms with van der Waals surface area (Å²) in [5.41, 5.74) is 6.66. The lowest BCUT2D eigenvalue weighted by molar-refractivity contribution is -0.116. The third-order valence-corrected chi connectivity index (χ3v) is 3.93. The van der Waals surface area contributed by atoms with Crippen molar-refractivity contribution in [2.75, 3.05) is 11.1 Å². The van der Waals surface area contributed by atoms with Crippen LogP contribution < -0.4 is 11.1 Å². The summed E-state index contributed by atoms with van der Waals surface area (Å²) in [5.74, 6) is 0.671. The molecule has 0 radical (unpaired) electrons. The Balaban J connectivity index is 2.06. The maximum Gasteiger partial charge on any atom is 0.226 e. The normalized spacial score (nSPS) is 18.2. The number of nitrogens with zero attached hydrogens (tertiary/aromatic N) is 1. The highest BCUT2D eigenvalue weighted by Gasteiger charge is 2.29. The third kappa shape index (κ3) is 1.80. The van der Waals surface area contributed by atoms with Crippen molar-refractivity contribution < 1.29 is 9.90 Å². The second-order valence-electron chi connectivity index (χ2n) is 4.16. The summed E-state index contributed by atoms with van der Waals surface area (Å²) in [6.45, 7) is 0. The number of hydrogen-bond donors (Lipinski definition) is 3. The molecule has 1 amide bonds. The highest BCUT2D eigenvalue weighted by molar-refractivity contribution is 7.16. The lowest BCUT2D eigenvalue weighted by Crippen LogP contribution is -2.22. The van der Waals surface area contributed by atoms with Crippen molar-refractivity contribution in [1.82, 2.24) is 4.98 Å². The lowest BCUT2D eigenvalue weighted by Gasteiger charge is -2.21. The number of nitrogens with two attached hydrogens (primary N) is 1. The average Bonchev–Trinajstić information content (AvgIpc) is 2.69. The monoisotopic (exact) mass is 261 g/mol. The molecule has 2 aromatic rings. The molecule has 3 rings (SSSR count). The van der Waals surface area contributed by atoms with Gasteiger partial charge in [-0.1, -0.05) is 23.5 Å². The summed E-state index contributed by atoms with van der Waals surface area (Å²) in [6.07, 6.45) is 0.374. The summed E-state index contributed by atoms with van der Waals surface area (Å²) in [7, 11) is 0. The Labute approximate surface area is 107 Å². The number of aromatic hydroxyl groups is 1. The van der Waals surface area contributed by atoms with Gasteiger partial charge in [-0.2, -0.15) is 0 Å². The zero-order valence-electron chi connectivity index (χ0n) is 9.38. The number of thiazole rings is 1. The van der Waals surface area contributed by atoms with Crippen LogP contribution in [0, 0.1) is 0 Å². The molecule has 1 aliphatic heterocycles. The number of benzene rings is 1. The number of carbonyl (C=O) groups excluding carboxylic acids is 1. The molecule has 18 heavy (non-hydrogen) atoms. The van der Waals surface area contributed by atoms with Gasteiger partial charge in [-0.25, -0.2) is 4.98 Å². The van der Waals surface area contributed by atoms with E-state index in [1.807, 2.05) is 12.1 Å². The number of amides is 1. The first-order chi connectivity index (χ1) is 8.63. The molecule has 0 spiro atoms. The minimum absolute atomic E-state index is 0.0378. The van der Waals surface area contributed by atoms with Gasteiger partial charge in [0, 0.05) is 12.3 Å². The predicted molar refractivity (Wildman–Crippen MR) is 69.7 cm³/mol. The highest BCUT2D eigenvalue weighted by Crippen LogP contribution is 2.41. The molecule has 1 atom stereocenters. The SMILES string of the molecule is Nc1nc2c(s1)[C@@H](c1ccc(O)cc1)CC(=O)N2. The van der Waals surface area contributed by atoms with Crippen molar-refractivity contribution in [1.29, 1.82) is 0 Å². The van der Waals surface area contributed by atoms with Gasteiger partial charge in [-0.15, -0.1) is 0 Å². The Morgan fingerprint density at radius 1 is 1.39 bits per heavy atom. The van der Waals surface area contributed by atoms with Crippen LogP contribution >= 0.6 is 11.3 Å². The smallest absolute Gasteiger partial charge is 0.226 e. The topological polar surface area (TPSA) is 88.2 Å². The number of nitrogens with one attached hydrogen (secondary N) is 1. The Morgan fingerprint density at radius 3 is 2.83 bits per heavy atom. The lowest BCUT2D eigenvalue weighted by atomic mass is 9.91. The molecule has 0 saturated heterocycles. The fourth-order valence-corrected chi connectivity index (χ4v) is 3.03. The Hall–Kier alpha value is -2.08. The summed E-state index contributed by atoms with van der Waals surface area (Å²) in [6, 6.07) is 6.87. The summed E-state index contributed by atoms with van der Waals surface area (Å²) in [5, 5.41) is 12.5. The zero-order valence-corrected chi connectivity index (χ0v) is 10.2. The number of fused-ring (bicyclic) bond motifs is 1. The van der Waals surface area contributed by atoms with Crippen LogP contribution in [0.5, 0.6) is 5.75 Å². The molecule has 1 aliphatic rings. The molecule has 0 bridgehead atoms. The number of hydrogen-bond acceptors (Lipinski definition) is 5. The molecule has 0 aliphatic carbocycles. The third-order valence-electron chi connectivity index (χ3n) is 2.93. The first-order valence-electron chi connectivity index (χ1n) is 5.48. The van der Waals surface area contributed by atoms with E-state index in [2.05, 4.69) is 10.3 Å². The van der Waals surface area contributed by atoms with Crippen LogP contribution in [0.1, 0.15) is 22.8 Å². The zero-order chi connectivity index (χ0) is 12.7. The van der Waals surface area contributed by atoms with E-state index in [4.69, 9.17) is 5.73 Å². The van der Waals surface area contributed by atoms with Gasteiger partial charge in [-0.3, -0.25) is 4.79 Å². The van der Waals surface area contributed by atoms with E-state index >= 15 is 0 Å². The molecule has 6 heteroatoms. The molecular weight excluding hydrogens is 250 g/mol. The van der Waals surface area contributed by atoms with Gasteiger partial charge < -0.3 is 16.2 Å². The molecular formula is C12H11N3O2S. The Bertz CT molecular complexity index is 606. The van der Waals surface area contributed by atoms with Gasteiger partial charge in [0.05, 0.1) is 4.88 Å². The van der Waals surface area contributed by atoms with Crippen molar-refractivity contribution in [3.63, 3.8) is 0 Å². The molecule has 0 fully saturated rings. The molecule has 2 heterocycles. The number of anilines is 2. The van der Waals surface area contributed by atoms with Crippen molar-refractivity contribution in [2.24, 2.45) is 0 Å². The summed E-state index contributed by atoms with van der Waals surface area (Å²) >= 11 is 1.39. The molecule has 1 aromatic carbocycles. The predicted octanol–water partition coefficient (Wildman–Crippen LogP) is 1.90. The van der Waals surface area contributed by atoms with Gasteiger partial charge in [0.15, 0.2) is 5.13 Å². The van der Waals surface area contributed by atoms with E-state index in [1.165, 1.54) is 11.3 Å². The van der Waals surface area contributed by atoms with Crippen molar-refractivity contribution in [3.05, 3.63) is 34.7 Å². The van der Waals surface area contributed by atoms with Crippen LogP contribution in [0.3, 0.4) is 0 Å². The maximum absolute atomic E-state index is 11.6. The van der Waals surface area contributed by atoms with Crippen molar-refractivity contribution in [2.45, 2.75) is 12.3 Å². The highest BCUT2D eigenvalue weighted by atomic mass is 32.1. The molecule has 1 aromatic heterocycles. The number of rotatable bonds is 1. The van der Waals surface area contributed by atoms with Crippen LogP contribution in [-0.4, -0.2) is 16.0 Å². The fraction of sp³-hybridized carbons (Fsp3) is 0.167. The number of aromatic nitrogens is 1. The Morgan fingerprint density at radius 2 is 2.11 bits per heavy atom. The number of phenolic OH excluding ortho intramolecular Hbond substituents is 1. The number of phenols is 1. The standard InChI is InChI=1S/C12H11N3O2S/c13-12-15-11-10(18-12)8(5-9(17)14-11)6-1-3-7(16)4-2-6/h1-4,8,16H,5H2,(H2,13,15)(H,14,17)/t8-/m1/s1. The van der Waals surface area contributed by atoms with Crippen LogP contribution in [0.25, 0.3) is 0 Å². The van der Waals surface area contributed by atoms with Crippen LogP contribution in [-0.2, 0) is 4.79 Å². The van der Waals surface area contributed by atoms with Gasteiger partial charge >= 0.3 is 0 Å². The van der Waals surface area contributed by atoms with E-state index in [9.17, 15) is 9.90 Å². The first kappa shape index (κ1) is 11.0. The van der Waals surface area contributed by atoms with Crippen molar-refractivity contribution >= 4 is 28.2 Å². The van der Waals surface area contributed by atoms with Gasteiger partial charge in [-0.05, 0) is 17.7 Å². The van der Waals surface area contributed by atoms with E-state index < -0.39 is 0 Å². The van der Waals surface area contributed by atoms with Gasteiger partial charge in [0.1, 0.15) is 11.6 Å².